The van der Waals surface area contributed by atoms with Crippen molar-refractivity contribution in [2.75, 3.05) is 0 Å². The molecule has 0 aliphatic heterocycles. The number of fused-ring (bicyclic) bond motifs is 6. The van der Waals surface area contributed by atoms with E-state index in [1.807, 2.05) is 0 Å². The van der Waals surface area contributed by atoms with Crippen LogP contribution in [0.2, 0.25) is 18.5 Å². The van der Waals surface area contributed by atoms with Gasteiger partial charge in [0.2, 0.25) is 0 Å². The first-order valence-corrected chi connectivity index (χ1v) is 18.9. The van der Waals surface area contributed by atoms with Gasteiger partial charge in [-0.25, -0.2) is 0 Å². The maximum atomic E-state index is 4.93. The summed E-state index contributed by atoms with van der Waals surface area (Å²) in [5, 5.41) is 0. The fraction of sp³-hybridized carbons (Fsp3) is 0.419. The Kier molecular flexibility index (Phi) is 10.2. The van der Waals surface area contributed by atoms with Crippen molar-refractivity contribution >= 4 is 35.9 Å². The number of halogens is 2. The molecule has 0 aromatic heterocycles. The van der Waals surface area contributed by atoms with E-state index in [9.17, 15) is 0 Å². The molecule has 4 aliphatic rings. The van der Waals surface area contributed by atoms with Crippen molar-refractivity contribution in [2.24, 2.45) is 23.7 Å². The predicted octanol–water partition coefficient (Wildman–Crippen LogP) is 10.1. The normalized spacial score (nSPS) is 32.8. The van der Waals surface area contributed by atoms with Gasteiger partial charge in [0.15, 0.2) is 0 Å². The van der Waals surface area contributed by atoms with E-state index in [4.69, 9.17) is 17.0 Å². The second-order valence-electron chi connectivity index (χ2n) is 10.9. The molecule has 8 atom stereocenters. The summed E-state index contributed by atoms with van der Waals surface area (Å²) in [4.78, 5) is 0. The molecule has 2 fully saturated rings. The van der Waals surface area contributed by atoms with Gasteiger partial charge in [-0.15, -0.1) is 0 Å². The number of benzene rings is 2. The molecule has 4 heteroatoms. The molecule has 0 spiro atoms. The molecule has 35 heavy (non-hydrogen) atoms. The van der Waals surface area contributed by atoms with Crippen molar-refractivity contribution in [3.8, 4) is 0 Å². The van der Waals surface area contributed by atoms with E-state index in [1.54, 1.807) is 11.1 Å². The van der Waals surface area contributed by atoms with Crippen molar-refractivity contribution in [3.05, 3.63) is 97.8 Å². The van der Waals surface area contributed by atoms with E-state index in [0.29, 0.717) is 0 Å². The maximum absolute atomic E-state index is 4.93. The third kappa shape index (κ3) is 5.24. The second kappa shape index (κ2) is 12.3. The third-order valence-electron chi connectivity index (χ3n) is 9.38. The molecule has 8 unspecified atom stereocenters. The molecule has 4 aliphatic carbocycles. The first-order chi connectivity index (χ1) is 16.0. The zero-order valence-corrected chi connectivity index (χ0v) is 25.8. The third-order valence-corrected chi connectivity index (χ3v) is 9.38. The molecular formula is C31H39BCl2Zr. The van der Waals surface area contributed by atoms with Crippen LogP contribution in [0, 0.1) is 38.5 Å². The number of allylic oxidation sites excluding steroid dienone is 2. The van der Waals surface area contributed by atoms with Gasteiger partial charge in [-0.3, -0.25) is 0 Å². The van der Waals surface area contributed by atoms with Gasteiger partial charge in [-0.1, -0.05) is 105 Å². The van der Waals surface area contributed by atoms with E-state index in [2.05, 4.69) is 93.5 Å². The van der Waals surface area contributed by atoms with Gasteiger partial charge in [0, 0.05) is 0 Å². The van der Waals surface area contributed by atoms with Gasteiger partial charge in [0.05, 0.1) is 0 Å². The van der Waals surface area contributed by atoms with Crippen molar-refractivity contribution in [1.29, 1.82) is 0 Å². The summed E-state index contributed by atoms with van der Waals surface area (Å²) in [7, 11) is 9.87. The van der Waals surface area contributed by atoms with Crippen LogP contribution in [0.5, 0.6) is 0 Å². The number of hydrogen-bond acceptors (Lipinski definition) is 0. The molecular weight excluding hydrogens is 545 g/mol. The van der Waals surface area contributed by atoms with Crippen LogP contribution in [0.25, 0.3) is 12.2 Å². The zero-order chi connectivity index (χ0) is 23.1. The van der Waals surface area contributed by atoms with Crippen LogP contribution in [0.15, 0.2) is 60.7 Å². The molecule has 2 aromatic rings. The van der Waals surface area contributed by atoms with E-state index in [1.165, 1.54) is 24.0 Å². The van der Waals surface area contributed by atoms with Crippen molar-refractivity contribution in [2.45, 2.75) is 57.0 Å². The van der Waals surface area contributed by atoms with E-state index < -0.39 is 20.8 Å². The summed E-state index contributed by atoms with van der Waals surface area (Å²) < 4.78 is 0. The van der Waals surface area contributed by atoms with E-state index in [0.717, 1.165) is 53.9 Å². The summed E-state index contributed by atoms with van der Waals surface area (Å²) in [6.45, 7) is 8.46. The average Bonchev–Trinajstić information content (AvgIpc) is 3.35. The molecule has 0 bridgehead atoms. The standard InChI is InChI=1S/C29H33B.2CH3.2ClH.Zr/c1-18-16-26-22-10-6-4-8-20(22)12-14-24(26)28(18)30(3)29-19(2)17-27-23-11-7-5-9-21(23)13-15-25(27)29;;;;;/h4-15,18-19,24-29H,16-17H2,1-3H3;2*1H3;2*1H;/q;2*-1;;;+4/p-2. The monoisotopic (exact) mass is 582 g/mol. The van der Waals surface area contributed by atoms with Gasteiger partial charge >= 0.3 is 37.9 Å². The summed E-state index contributed by atoms with van der Waals surface area (Å²) >= 11 is -0.826. The Balaban J connectivity index is 0.000000653. The van der Waals surface area contributed by atoms with Crippen LogP contribution >= 0.6 is 17.0 Å². The molecule has 0 N–H and O–H groups in total. The quantitative estimate of drug-likeness (QED) is 0.243. The Bertz CT molecular complexity index is 968. The molecule has 2 aromatic carbocycles. The Morgan fingerprint density at radius 2 is 1.09 bits per heavy atom. The van der Waals surface area contributed by atoms with Gasteiger partial charge in [0.25, 0.3) is 0 Å². The van der Waals surface area contributed by atoms with Crippen molar-refractivity contribution in [3.63, 3.8) is 0 Å². The van der Waals surface area contributed by atoms with Crippen LogP contribution in [0.1, 0.15) is 60.8 Å². The molecule has 0 heterocycles. The Hall–Kier alpha value is -0.552. The fourth-order valence-electron chi connectivity index (χ4n) is 8.34. The topological polar surface area (TPSA) is 0 Å². The summed E-state index contributed by atoms with van der Waals surface area (Å²) in [5.41, 5.74) is 6.13. The zero-order valence-electron chi connectivity index (χ0n) is 21.8. The Morgan fingerprint density at radius 1 is 0.714 bits per heavy atom. The summed E-state index contributed by atoms with van der Waals surface area (Å²) in [6, 6.07) is 18.3. The molecule has 0 nitrogen and oxygen atoms in total. The minimum atomic E-state index is -0.826. The fourth-order valence-corrected chi connectivity index (χ4v) is 8.34. The SMILES string of the molecule is CB(C1C(C)CC2c3ccccc3C=CC21)C1C(C)CC2c3ccccc3C=CC21.[CH3-].[CH3-].[Cl][Zr+2][Cl]. The molecule has 2 saturated carbocycles. The van der Waals surface area contributed by atoms with Crippen LogP contribution in [0.4, 0.5) is 0 Å². The van der Waals surface area contributed by atoms with Crippen LogP contribution in [0.3, 0.4) is 0 Å². The molecule has 184 valence electrons. The van der Waals surface area contributed by atoms with Gasteiger partial charge in [0.1, 0.15) is 6.71 Å². The number of rotatable bonds is 2. The van der Waals surface area contributed by atoms with Crippen molar-refractivity contribution < 1.29 is 20.8 Å². The van der Waals surface area contributed by atoms with Crippen molar-refractivity contribution in [1.82, 2.24) is 0 Å². The molecule has 0 saturated heterocycles. The van der Waals surface area contributed by atoms with E-state index in [-0.39, 0.29) is 14.9 Å². The van der Waals surface area contributed by atoms with Gasteiger partial charge in [-0.05, 0) is 70.6 Å². The Morgan fingerprint density at radius 3 is 1.49 bits per heavy atom. The average molecular weight is 585 g/mol. The van der Waals surface area contributed by atoms with Gasteiger partial charge < -0.3 is 14.9 Å². The van der Waals surface area contributed by atoms with Crippen LogP contribution < -0.4 is 0 Å². The first-order valence-electron chi connectivity index (χ1n) is 12.6. The van der Waals surface area contributed by atoms with E-state index >= 15 is 0 Å². The minimum absolute atomic E-state index is 0. The predicted molar refractivity (Wildman–Crippen MR) is 155 cm³/mol. The molecule has 6 rings (SSSR count). The Labute approximate surface area is 233 Å². The second-order valence-corrected chi connectivity index (χ2v) is 14.6. The van der Waals surface area contributed by atoms with Crippen LogP contribution in [-0.4, -0.2) is 6.71 Å². The van der Waals surface area contributed by atoms with Crippen LogP contribution in [-0.2, 0) is 20.8 Å². The number of hydrogen-bond donors (Lipinski definition) is 0. The van der Waals surface area contributed by atoms with Gasteiger partial charge in [-0.2, -0.15) is 0 Å². The summed E-state index contributed by atoms with van der Waals surface area (Å²) in [5.74, 6) is 6.10. The summed E-state index contributed by atoms with van der Waals surface area (Å²) in [6.07, 6.45) is 12.7. The molecule has 0 radical (unpaired) electrons. The first kappa shape index (κ1) is 29.0. The molecule has 0 amide bonds.